The Balaban J connectivity index is 1.50. The number of benzene rings is 1. The van der Waals surface area contributed by atoms with Gasteiger partial charge in [-0.15, -0.1) is 0 Å². The Morgan fingerprint density at radius 2 is 1.81 bits per heavy atom. The number of amides is 2. The third kappa shape index (κ3) is 6.35. The number of nitrogens with one attached hydrogen (secondary N) is 2. The van der Waals surface area contributed by atoms with Gasteiger partial charge in [-0.2, -0.15) is 9.67 Å². The predicted octanol–water partition coefficient (Wildman–Crippen LogP) is 2.25. The van der Waals surface area contributed by atoms with E-state index in [0.29, 0.717) is 36.0 Å². The Labute approximate surface area is 213 Å². The number of carbonyl (C=O) groups is 2. The van der Waals surface area contributed by atoms with E-state index >= 15 is 0 Å². The first-order valence-electron chi connectivity index (χ1n) is 10.9. The van der Waals surface area contributed by atoms with E-state index in [4.69, 9.17) is 14.0 Å². The lowest BCUT2D eigenvalue weighted by molar-refractivity contribution is -0.390. The van der Waals surface area contributed by atoms with Crippen molar-refractivity contribution in [3.05, 3.63) is 55.8 Å². The van der Waals surface area contributed by atoms with Crippen LogP contribution >= 0.6 is 15.9 Å². The largest absolute Gasteiger partial charge is 0.490 e. The minimum atomic E-state index is -0.632. The zero-order valence-corrected chi connectivity index (χ0v) is 21.3. The molecule has 3 rings (SSSR count). The van der Waals surface area contributed by atoms with Crippen molar-refractivity contribution in [1.82, 2.24) is 30.6 Å². The molecule has 14 nitrogen and oxygen atoms in total. The van der Waals surface area contributed by atoms with Gasteiger partial charge in [0.1, 0.15) is 11.0 Å². The number of halogens is 1. The van der Waals surface area contributed by atoms with Gasteiger partial charge in [-0.25, -0.2) is 0 Å². The van der Waals surface area contributed by atoms with E-state index in [1.807, 2.05) is 13.8 Å². The second-order valence-corrected chi connectivity index (χ2v) is 7.99. The van der Waals surface area contributed by atoms with E-state index < -0.39 is 10.8 Å². The van der Waals surface area contributed by atoms with Crippen molar-refractivity contribution in [3.63, 3.8) is 0 Å². The molecule has 1 aromatic carbocycles. The second kappa shape index (κ2) is 12.1. The van der Waals surface area contributed by atoms with Crippen LogP contribution in [0.2, 0.25) is 0 Å². The minimum absolute atomic E-state index is 0.0308. The summed E-state index contributed by atoms with van der Waals surface area (Å²) < 4.78 is 17.5. The number of hydrogen-bond donors (Lipinski definition) is 2. The molecule has 0 saturated heterocycles. The van der Waals surface area contributed by atoms with Crippen LogP contribution in [0.4, 0.5) is 5.82 Å². The van der Waals surface area contributed by atoms with Crippen LogP contribution in [0.1, 0.15) is 46.4 Å². The van der Waals surface area contributed by atoms with Gasteiger partial charge in [-0.05, 0) is 59.8 Å². The van der Waals surface area contributed by atoms with E-state index in [-0.39, 0.29) is 47.5 Å². The van der Waals surface area contributed by atoms with E-state index in [1.54, 1.807) is 25.1 Å². The summed E-state index contributed by atoms with van der Waals surface area (Å²) in [5, 5.41) is 23.9. The zero-order chi connectivity index (χ0) is 26.2. The van der Waals surface area contributed by atoms with E-state index in [0.717, 1.165) is 0 Å². The van der Waals surface area contributed by atoms with Gasteiger partial charge in [0.15, 0.2) is 17.3 Å². The molecule has 15 heteroatoms. The van der Waals surface area contributed by atoms with Crippen LogP contribution in [0.5, 0.6) is 11.5 Å². The summed E-state index contributed by atoms with van der Waals surface area (Å²) in [4.78, 5) is 39.1. The highest BCUT2D eigenvalue weighted by molar-refractivity contribution is 9.10. The van der Waals surface area contributed by atoms with Crippen LogP contribution < -0.4 is 20.1 Å². The molecule has 0 saturated carbocycles. The summed E-state index contributed by atoms with van der Waals surface area (Å²) in [6.07, 6.45) is 0. The molecule has 0 spiro atoms. The van der Waals surface area contributed by atoms with E-state index in [1.165, 1.54) is 4.68 Å². The quantitative estimate of drug-likeness (QED) is 0.188. The minimum Gasteiger partial charge on any atom is -0.490 e. The maximum absolute atomic E-state index is 12.4. The van der Waals surface area contributed by atoms with Gasteiger partial charge in [0.25, 0.3) is 5.91 Å². The van der Waals surface area contributed by atoms with Gasteiger partial charge in [-0.1, -0.05) is 5.16 Å². The smallest absolute Gasteiger partial charge is 0.404 e. The van der Waals surface area contributed by atoms with Crippen molar-refractivity contribution in [2.45, 2.75) is 27.3 Å². The van der Waals surface area contributed by atoms with Gasteiger partial charge < -0.3 is 34.7 Å². The van der Waals surface area contributed by atoms with E-state index in [2.05, 4.69) is 41.8 Å². The molecule has 2 N–H and O–H groups in total. The fraction of sp³-hybridized carbons (Fsp3) is 0.381. The molecule has 0 atom stereocenters. The van der Waals surface area contributed by atoms with Crippen molar-refractivity contribution < 1.29 is 28.5 Å². The van der Waals surface area contributed by atoms with Crippen molar-refractivity contribution in [2.24, 2.45) is 0 Å². The lowest BCUT2D eigenvalue weighted by Gasteiger charge is -2.12. The highest BCUT2D eigenvalue weighted by Crippen LogP contribution is 2.29. The van der Waals surface area contributed by atoms with Gasteiger partial charge in [-0.3, -0.25) is 9.59 Å². The normalized spacial score (nSPS) is 10.7. The molecule has 2 amide bonds. The van der Waals surface area contributed by atoms with Crippen LogP contribution in [0.25, 0.3) is 0 Å². The number of hydrogen-bond acceptors (Lipinski definition) is 10. The van der Waals surface area contributed by atoms with Crippen molar-refractivity contribution in [1.29, 1.82) is 0 Å². The van der Waals surface area contributed by atoms with Gasteiger partial charge in [0, 0.05) is 18.7 Å². The van der Waals surface area contributed by atoms with Gasteiger partial charge in [0.05, 0.1) is 24.0 Å². The average molecular weight is 566 g/mol. The van der Waals surface area contributed by atoms with Gasteiger partial charge >= 0.3 is 17.6 Å². The highest BCUT2D eigenvalue weighted by atomic mass is 79.9. The molecule has 0 aliphatic carbocycles. The third-order valence-electron chi connectivity index (χ3n) is 4.74. The molecule has 36 heavy (non-hydrogen) atoms. The van der Waals surface area contributed by atoms with Crippen LogP contribution in [-0.2, 0) is 6.54 Å². The average Bonchev–Trinajstić information content (AvgIpc) is 3.43. The van der Waals surface area contributed by atoms with Crippen LogP contribution in [0.3, 0.4) is 0 Å². The molecular weight excluding hydrogens is 542 g/mol. The molecular formula is C21H24BrN7O7. The van der Waals surface area contributed by atoms with Crippen LogP contribution in [-0.4, -0.2) is 63.0 Å². The standard InChI is InChI=1S/C21H24BrN7O7/c1-4-34-14-7-6-13(10-15(14)35-5-2)19(30)23-8-9-24-20(31)21-25-16(27-36-21)11-28-12(3)17(22)18(26-28)29(32)33/h6-7,10H,4-5,8-9,11H2,1-3H3,(H,23,30)(H,24,31). The van der Waals surface area contributed by atoms with Gasteiger partial charge in [0.2, 0.25) is 0 Å². The number of nitro groups is 1. The summed E-state index contributed by atoms with van der Waals surface area (Å²) in [6, 6.07) is 4.88. The summed E-state index contributed by atoms with van der Waals surface area (Å²) in [5.74, 6) is -0.467. The highest BCUT2D eigenvalue weighted by Gasteiger charge is 2.25. The summed E-state index contributed by atoms with van der Waals surface area (Å²) >= 11 is 3.13. The Morgan fingerprint density at radius 1 is 1.14 bits per heavy atom. The first-order chi connectivity index (χ1) is 17.2. The summed E-state index contributed by atoms with van der Waals surface area (Å²) in [7, 11) is 0. The summed E-state index contributed by atoms with van der Waals surface area (Å²) in [6.45, 7) is 6.44. The molecule has 0 bridgehead atoms. The van der Waals surface area contributed by atoms with Crippen LogP contribution in [0.15, 0.2) is 27.2 Å². The Hall–Kier alpha value is -4.01. The number of ether oxygens (including phenoxy) is 2. The lowest BCUT2D eigenvalue weighted by atomic mass is 10.2. The zero-order valence-electron chi connectivity index (χ0n) is 19.7. The molecule has 0 fully saturated rings. The number of nitrogens with zero attached hydrogens (tertiary/aromatic N) is 5. The molecule has 0 radical (unpaired) electrons. The fourth-order valence-electron chi connectivity index (χ4n) is 3.05. The maximum atomic E-state index is 12.4. The molecule has 2 aromatic heterocycles. The number of aromatic nitrogens is 4. The molecule has 192 valence electrons. The maximum Gasteiger partial charge on any atom is 0.404 e. The Kier molecular flexibility index (Phi) is 8.94. The summed E-state index contributed by atoms with van der Waals surface area (Å²) in [5.41, 5.74) is 0.879. The third-order valence-corrected chi connectivity index (χ3v) is 5.67. The topological polar surface area (TPSA) is 177 Å². The Morgan fingerprint density at radius 3 is 2.44 bits per heavy atom. The first kappa shape index (κ1) is 26.6. The molecule has 0 aliphatic heterocycles. The fourth-order valence-corrected chi connectivity index (χ4v) is 3.47. The van der Waals surface area contributed by atoms with Crippen molar-refractivity contribution in [2.75, 3.05) is 26.3 Å². The number of carbonyl (C=O) groups excluding carboxylic acids is 2. The molecule has 0 unspecified atom stereocenters. The van der Waals surface area contributed by atoms with Crippen molar-refractivity contribution in [3.8, 4) is 11.5 Å². The van der Waals surface area contributed by atoms with E-state index in [9.17, 15) is 19.7 Å². The first-order valence-corrected chi connectivity index (χ1v) is 11.7. The van der Waals surface area contributed by atoms with Crippen molar-refractivity contribution >= 4 is 33.6 Å². The predicted molar refractivity (Wildman–Crippen MR) is 128 cm³/mol. The van der Waals surface area contributed by atoms with Crippen LogP contribution in [0, 0.1) is 17.0 Å². The SMILES string of the molecule is CCOc1ccc(C(=O)NCCNC(=O)c2nc(Cn3nc([N+](=O)[O-])c(Br)c3C)no2)cc1OCC. The Bertz CT molecular complexity index is 1260. The number of rotatable bonds is 12. The molecule has 3 aromatic rings. The molecule has 2 heterocycles. The lowest BCUT2D eigenvalue weighted by Crippen LogP contribution is -2.34. The monoisotopic (exact) mass is 565 g/mol. The molecule has 0 aliphatic rings. The second-order valence-electron chi connectivity index (χ2n) is 7.19.